The summed E-state index contributed by atoms with van der Waals surface area (Å²) in [5.41, 5.74) is 6.87. The largest absolute Gasteiger partial charge is 0.370 e. The van der Waals surface area contributed by atoms with E-state index in [1.165, 1.54) is 5.56 Å². The Kier molecular flexibility index (Phi) is 4.76. The highest BCUT2D eigenvalue weighted by Gasteiger charge is 2.08. The lowest BCUT2D eigenvalue weighted by atomic mass is 10.1. The lowest BCUT2D eigenvalue weighted by Gasteiger charge is -2.20. The van der Waals surface area contributed by atoms with Crippen LogP contribution >= 0.6 is 0 Å². The van der Waals surface area contributed by atoms with Gasteiger partial charge in [-0.1, -0.05) is 42.5 Å². The van der Waals surface area contributed by atoms with Crippen molar-refractivity contribution in [2.24, 2.45) is 10.7 Å². The van der Waals surface area contributed by atoms with Crippen molar-refractivity contribution in [2.45, 2.75) is 26.3 Å². The van der Waals surface area contributed by atoms with Gasteiger partial charge >= 0.3 is 0 Å². The van der Waals surface area contributed by atoms with E-state index in [1.54, 1.807) is 0 Å². The minimum atomic E-state index is -0.0449. The highest BCUT2D eigenvalue weighted by Crippen LogP contribution is 2.00. The molecule has 0 radical (unpaired) electrons. The van der Waals surface area contributed by atoms with Gasteiger partial charge in [-0.25, -0.2) is 4.99 Å². The average Bonchev–Trinajstić information content (AvgIpc) is 2.23. The second-order valence-electron chi connectivity index (χ2n) is 4.91. The van der Waals surface area contributed by atoms with Crippen molar-refractivity contribution in [1.82, 2.24) is 5.32 Å². The quantitative estimate of drug-likeness (QED) is 0.620. The molecule has 0 bridgehead atoms. The summed E-state index contributed by atoms with van der Waals surface area (Å²) in [5, 5.41) is 3.11. The van der Waals surface area contributed by atoms with E-state index in [4.69, 9.17) is 5.73 Å². The molecule has 0 fully saturated rings. The van der Waals surface area contributed by atoms with Crippen molar-refractivity contribution < 1.29 is 0 Å². The molecule has 1 aromatic carbocycles. The van der Waals surface area contributed by atoms with E-state index >= 15 is 0 Å². The molecule has 1 aromatic rings. The lowest BCUT2D eigenvalue weighted by molar-refractivity contribution is 0.508. The van der Waals surface area contributed by atoms with Crippen LogP contribution in [-0.2, 0) is 0 Å². The second kappa shape index (κ2) is 6.09. The van der Waals surface area contributed by atoms with Gasteiger partial charge in [-0.2, -0.15) is 0 Å². The molecule has 0 amide bonds. The van der Waals surface area contributed by atoms with E-state index in [2.05, 4.69) is 43.2 Å². The first-order valence-electron chi connectivity index (χ1n) is 5.77. The van der Waals surface area contributed by atoms with E-state index in [9.17, 15) is 0 Å². The molecule has 3 heteroatoms. The Morgan fingerprint density at radius 3 is 2.53 bits per heavy atom. The van der Waals surface area contributed by atoms with Crippen LogP contribution < -0.4 is 11.1 Å². The minimum Gasteiger partial charge on any atom is -0.370 e. The third-order valence-electron chi connectivity index (χ3n) is 1.98. The summed E-state index contributed by atoms with van der Waals surface area (Å²) in [6.07, 6.45) is 4.03. The van der Waals surface area contributed by atoms with E-state index in [-0.39, 0.29) is 5.54 Å². The van der Waals surface area contributed by atoms with Gasteiger partial charge in [0.25, 0.3) is 0 Å². The first kappa shape index (κ1) is 13.3. The molecule has 17 heavy (non-hydrogen) atoms. The van der Waals surface area contributed by atoms with E-state index in [0.29, 0.717) is 12.5 Å². The maximum Gasteiger partial charge on any atom is 0.189 e. The van der Waals surface area contributed by atoms with Crippen molar-refractivity contribution in [3.05, 3.63) is 42.0 Å². The molecule has 0 aliphatic heterocycles. The van der Waals surface area contributed by atoms with Crippen molar-refractivity contribution >= 4 is 12.0 Å². The maximum absolute atomic E-state index is 5.74. The first-order valence-corrected chi connectivity index (χ1v) is 5.77. The molecule has 0 aliphatic carbocycles. The van der Waals surface area contributed by atoms with Crippen molar-refractivity contribution in [3.63, 3.8) is 0 Å². The SMILES string of the molecule is CC(C)(C)NC(N)=NCC=Cc1ccccc1. The van der Waals surface area contributed by atoms with Gasteiger partial charge in [0.2, 0.25) is 0 Å². The summed E-state index contributed by atoms with van der Waals surface area (Å²) < 4.78 is 0. The number of nitrogens with one attached hydrogen (secondary N) is 1. The predicted octanol–water partition coefficient (Wildman–Crippen LogP) is 2.40. The topological polar surface area (TPSA) is 50.4 Å². The summed E-state index contributed by atoms with van der Waals surface area (Å²) in [5.74, 6) is 0.482. The summed E-state index contributed by atoms with van der Waals surface area (Å²) in [6.45, 7) is 6.74. The fourth-order valence-electron chi connectivity index (χ4n) is 1.33. The van der Waals surface area contributed by atoms with Gasteiger partial charge in [-0.15, -0.1) is 0 Å². The Bertz CT molecular complexity index is 386. The lowest BCUT2D eigenvalue weighted by Crippen LogP contribution is -2.45. The number of nitrogens with two attached hydrogens (primary N) is 1. The zero-order valence-electron chi connectivity index (χ0n) is 10.8. The molecule has 0 aliphatic rings. The minimum absolute atomic E-state index is 0.0449. The molecule has 0 saturated carbocycles. The number of hydrogen-bond acceptors (Lipinski definition) is 1. The first-order chi connectivity index (χ1) is 7.97. The van der Waals surface area contributed by atoms with Gasteiger partial charge in [0, 0.05) is 5.54 Å². The van der Waals surface area contributed by atoms with Gasteiger partial charge < -0.3 is 11.1 Å². The normalized spacial score (nSPS) is 13.0. The molecular formula is C14H21N3. The highest BCUT2D eigenvalue weighted by molar-refractivity contribution is 5.78. The zero-order chi connectivity index (χ0) is 12.7. The van der Waals surface area contributed by atoms with Gasteiger partial charge in [-0.3, -0.25) is 0 Å². The molecule has 3 nitrogen and oxygen atoms in total. The van der Waals surface area contributed by atoms with Crippen LogP contribution in [0.5, 0.6) is 0 Å². The predicted molar refractivity (Wildman–Crippen MR) is 74.9 cm³/mol. The fourth-order valence-corrected chi connectivity index (χ4v) is 1.33. The number of rotatable bonds is 3. The van der Waals surface area contributed by atoms with Crippen LogP contribution in [0.1, 0.15) is 26.3 Å². The third kappa shape index (κ3) is 6.40. The number of guanidine groups is 1. The molecule has 1 rings (SSSR count). The molecule has 3 N–H and O–H groups in total. The Hall–Kier alpha value is -1.77. The summed E-state index contributed by atoms with van der Waals surface area (Å²) in [6, 6.07) is 10.1. The Morgan fingerprint density at radius 2 is 1.94 bits per heavy atom. The molecule has 0 atom stereocenters. The van der Waals surface area contributed by atoms with Gasteiger partial charge in [0.1, 0.15) is 0 Å². The Balaban J connectivity index is 2.42. The van der Waals surface area contributed by atoms with Crippen molar-refractivity contribution in [3.8, 4) is 0 Å². The van der Waals surface area contributed by atoms with Crippen LogP contribution in [-0.4, -0.2) is 18.0 Å². The highest BCUT2D eigenvalue weighted by atomic mass is 15.1. The van der Waals surface area contributed by atoms with Gasteiger partial charge in [0.05, 0.1) is 6.54 Å². The smallest absolute Gasteiger partial charge is 0.189 e. The molecule has 0 spiro atoms. The average molecular weight is 231 g/mol. The second-order valence-corrected chi connectivity index (χ2v) is 4.91. The monoisotopic (exact) mass is 231 g/mol. The maximum atomic E-state index is 5.74. The van der Waals surface area contributed by atoms with Crippen LogP contribution in [0.3, 0.4) is 0 Å². The van der Waals surface area contributed by atoms with E-state index in [1.807, 2.05) is 30.4 Å². The van der Waals surface area contributed by atoms with Crippen molar-refractivity contribution in [2.75, 3.05) is 6.54 Å². The number of aliphatic imine (C=N–C) groups is 1. The summed E-state index contributed by atoms with van der Waals surface area (Å²) in [7, 11) is 0. The fraction of sp³-hybridized carbons (Fsp3) is 0.357. The zero-order valence-corrected chi connectivity index (χ0v) is 10.8. The van der Waals surface area contributed by atoms with E-state index < -0.39 is 0 Å². The van der Waals surface area contributed by atoms with Crippen LogP contribution in [0.25, 0.3) is 6.08 Å². The number of benzene rings is 1. The summed E-state index contributed by atoms with van der Waals surface area (Å²) >= 11 is 0. The third-order valence-corrected chi connectivity index (χ3v) is 1.98. The molecular weight excluding hydrogens is 210 g/mol. The molecule has 0 unspecified atom stereocenters. The van der Waals surface area contributed by atoms with Crippen LogP contribution in [0.15, 0.2) is 41.4 Å². The van der Waals surface area contributed by atoms with Crippen LogP contribution in [0, 0.1) is 0 Å². The van der Waals surface area contributed by atoms with Gasteiger partial charge in [-0.05, 0) is 26.3 Å². The van der Waals surface area contributed by atoms with E-state index in [0.717, 1.165) is 0 Å². The Labute approximate surface area is 103 Å². The standard InChI is InChI=1S/C14H21N3/c1-14(2,3)17-13(15)16-11-7-10-12-8-5-4-6-9-12/h4-10H,11H2,1-3H3,(H3,15,16,17). The molecule has 92 valence electrons. The molecule has 0 saturated heterocycles. The molecule has 0 heterocycles. The number of nitrogens with zero attached hydrogens (tertiary/aromatic N) is 1. The van der Waals surface area contributed by atoms with Crippen LogP contribution in [0.4, 0.5) is 0 Å². The Morgan fingerprint density at radius 1 is 1.29 bits per heavy atom. The van der Waals surface area contributed by atoms with Crippen LogP contribution in [0.2, 0.25) is 0 Å². The van der Waals surface area contributed by atoms with Gasteiger partial charge in [0.15, 0.2) is 5.96 Å². The number of hydrogen-bond donors (Lipinski definition) is 2. The summed E-state index contributed by atoms with van der Waals surface area (Å²) in [4.78, 5) is 4.22. The molecule has 0 aromatic heterocycles. The van der Waals surface area contributed by atoms with Crippen molar-refractivity contribution in [1.29, 1.82) is 0 Å².